The van der Waals surface area contributed by atoms with Gasteiger partial charge in [0.2, 0.25) is 5.91 Å². The van der Waals surface area contributed by atoms with Gasteiger partial charge >= 0.3 is 0 Å². The lowest BCUT2D eigenvalue weighted by atomic mass is 10.2. The van der Waals surface area contributed by atoms with Crippen molar-refractivity contribution in [1.82, 2.24) is 0 Å². The predicted molar refractivity (Wildman–Crippen MR) is 161 cm³/mol. The summed E-state index contributed by atoms with van der Waals surface area (Å²) in [5.41, 5.74) is 2.17. The molecule has 4 aromatic rings. The van der Waals surface area contributed by atoms with Crippen LogP contribution >= 0.6 is 11.6 Å². The Hall–Kier alpha value is -4.06. The standard InChI is InChI=1S/C29H28ClN3O6S2/c1-20-12-17-28(39-3)26(18-20)32-40(35,36)23-15-13-22(14-16-23)31-29(34)19-33(27-11-7-10-25(30)21(27)2)41(37,38)24-8-5-4-6-9-24/h4-18,32H,19H2,1-3H3,(H,31,34). The minimum absolute atomic E-state index is 0.0134. The Morgan fingerprint density at radius 3 is 2.20 bits per heavy atom. The molecule has 0 atom stereocenters. The molecule has 0 aliphatic rings. The van der Waals surface area contributed by atoms with Crippen LogP contribution < -0.4 is 19.1 Å². The van der Waals surface area contributed by atoms with Crippen LogP contribution in [0.25, 0.3) is 0 Å². The van der Waals surface area contributed by atoms with Crippen LogP contribution in [-0.2, 0) is 24.8 Å². The number of nitrogens with zero attached hydrogens (tertiary/aromatic N) is 1. The molecule has 0 aliphatic carbocycles. The predicted octanol–water partition coefficient (Wildman–Crippen LogP) is 5.60. The third kappa shape index (κ3) is 6.82. The van der Waals surface area contributed by atoms with Crippen LogP contribution in [0.2, 0.25) is 5.02 Å². The summed E-state index contributed by atoms with van der Waals surface area (Å²) in [5.74, 6) is -0.268. The Balaban J connectivity index is 1.56. The van der Waals surface area contributed by atoms with Crippen molar-refractivity contribution in [3.8, 4) is 5.75 Å². The molecule has 0 radical (unpaired) electrons. The van der Waals surface area contributed by atoms with Gasteiger partial charge in [0, 0.05) is 10.7 Å². The second-order valence-corrected chi connectivity index (χ2v) is 13.0. The first-order valence-electron chi connectivity index (χ1n) is 12.3. The van der Waals surface area contributed by atoms with E-state index in [2.05, 4.69) is 10.0 Å². The molecule has 0 bridgehead atoms. The van der Waals surface area contributed by atoms with Crippen molar-refractivity contribution < 1.29 is 26.4 Å². The lowest BCUT2D eigenvalue weighted by molar-refractivity contribution is -0.114. The van der Waals surface area contributed by atoms with Crippen molar-refractivity contribution in [2.45, 2.75) is 23.6 Å². The third-order valence-corrected chi connectivity index (χ3v) is 9.74. The Labute approximate surface area is 244 Å². The molecule has 2 N–H and O–H groups in total. The van der Waals surface area contributed by atoms with Crippen LogP contribution in [0.4, 0.5) is 17.1 Å². The minimum atomic E-state index is -4.13. The average molecular weight is 614 g/mol. The maximum absolute atomic E-state index is 13.6. The van der Waals surface area contributed by atoms with E-state index in [1.165, 1.54) is 43.5 Å². The van der Waals surface area contributed by atoms with E-state index in [9.17, 15) is 21.6 Å². The van der Waals surface area contributed by atoms with E-state index < -0.39 is 32.5 Å². The van der Waals surface area contributed by atoms with Crippen LogP contribution in [0.3, 0.4) is 0 Å². The minimum Gasteiger partial charge on any atom is -0.495 e. The number of anilines is 3. The van der Waals surface area contributed by atoms with Gasteiger partial charge in [-0.25, -0.2) is 16.8 Å². The molecule has 9 nitrogen and oxygen atoms in total. The first-order chi connectivity index (χ1) is 19.4. The Morgan fingerprint density at radius 1 is 0.854 bits per heavy atom. The zero-order chi connectivity index (χ0) is 29.8. The van der Waals surface area contributed by atoms with Gasteiger partial charge < -0.3 is 10.1 Å². The maximum Gasteiger partial charge on any atom is 0.264 e. The monoisotopic (exact) mass is 613 g/mol. The van der Waals surface area contributed by atoms with Crippen molar-refractivity contribution in [3.05, 3.63) is 107 Å². The normalized spacial score (nSPS) is 11.5. The summed E-state index contributed by atoms with van der Waals surface area (Å²) in [6.07, 6.45) is 0. The van der Waals surface area contributed by atoms with Gasteiger partial charge in [-0.2, -0.15) is 0 Å². The number of amides is 1. The van der Waals surface area contributed by atoms with Gasteiger partial charge in [-0.1, -0.05) is 41.9 Å². The fourth-order valence-corrected chi connectivity index (χ4v) is 6.77. The van der Waals surface area contributed by atoms with Crippen molar-refractivity contribution >= 4 is 54.6 Å². The van der Waals surface area contributed by atoms with E-state index in [1.807, 2.05) is 6.92 Å². The molecule has 0 saturated carbocycles. The van der Waals surface area contributed by atoms with Crippen LogP contribution in [-0.4, -0.2) is 36.4 Å². The fourth-order valence-electron chi connectivity index (χ4n) is 4.04. The van der Waals surface area contributed by atoms with Crippen molar-refractivity contribution in [2.24, 2.45) is 0 Å². The smallest absolute Gasteiger partial charge is 0.264 e. The number of benzene rings is 4. The van der Waals surface area contributed by atoms with Crippen molar-refractivity contribution in [2.75, 3.05) is 28.0 Å². The number of methoxy groups -OCH3 is 1. The van der Waals surface area contributed by atoms with Gasteiger partial charge in [0.05, 0.1) is 28.3 Å². The number of hydrogen-bond acceptors (Lipinski definition) is 6. The van der Waals surface area contributed by atoms with Crippen molar-refractivity contribution in [3.63, 3.8) is 0 Å². The molecule has 12 heteroatoms. The van der Waals surface area contributed by atoms with Crippen LogP contribution in [0.5, 0.6) is 5.75 Å². The topological polar surface area (TPSA) is 122 Å². The Kier molecular flexibility index (Phi) is 8.91. The number of hydrogen-bond donors (Lipinski definition) is 2. The molecule has 0 aliphatic heterocycles. The highest BCUT2D eigenvalue weighted by molar-refractivity contribution is 7.93. The summed E-state index contributed by atoms with van der Waals surface area (Å²) in [4.78, 5) is 13.1. The summed E-state index contributed by atoms with van der Waals surface area (Å²) < 4.78 is 61.9. The largest absolute Gasteiger partial charge is 0.495 e. The molecule has 0 saturated heterocycles. The number of halogens is 1. The van der Waals surface area contributed by atoms with E-state index in [1.54, 1.807) is 61.5 Å². The Morgan fingerprint density at radius 2 is 1.54 bits per heavy atom. The lowest BCUT2D eigenvalue weighted by Gasteiger charge is -2.26. The zero-order valence-electron chi connectivity index (χ0n) is 22.5. The van der Waals surface area contributed by atoms with E-state index in [0.29, 0.717) is 22.0 Å². The molecule has 1 amide bonds. The molecule has 4 aromatic carbocycles. The third-order valence-electron chi connectivity index (χ3n) is 6.17. The van der Waals surface area contributed by atoms with Crippen LogP contribution in [0, 0.1) is 13.8 Å². The molecule has 0 unspecified atom stereocenters. The van der Waals surface area contributed by atoms with Gasteiger partial charge in [-0.05, 0) is 85.6 Å². The average Bonchev–Trinajstić information content (AvgIpc) is 2.94. The molecule has 0 aromatic heterocycles. The molecule has 41 heavy (non-hydrogen) atoms. The van der Waals surface area contributed by atoms with Gasteiger partial charge in [-0.3, -0.25) is 13.8 Å². The van der Waals surface area contributed by atoms with Gasteiger partial charge in [0.1, 0.15) is 12.3 Å². The summed E-state index contributed by atoms with van der Waals surface area (Å²) in [6, 6.07) is 23.2. The van der Waals surface area contributed by atoms with E-state index in [0.717, 1.165) is 9.87 Å². The van der Waals surface area contributed by atoms with E-state index >= 15 is 0 Å². The number of nitrogens with one attached hydrogen (secondary N) is 2. The van der Waals surface area contributed by atoms with Gasteiger partial charge in [0.15, 0.2) is 0 Å². The number of carbonyl (C=O) groups is 1. The Bertz CT molecular complexity index is 1780. The molecular formula is C29H28ClN3O6S2. The molecule has 0 fully saturated rings. The summed E-state index contributed by atoms with van der Waals surface area (Å²) in [5, 5.41) is 2.99. The number of rotatable bonds is 10. The highest BCUT2D eigenvalue weighted by Gasteiger charge is 2.29. The number of sulfonamides is 2. The summed E-state index contributed by atoms with van der Waals surface area (Å²) in [7, 11) is -6.65. The van der Waals surface area contributed by atoms with Crippen LogP contribution in [0.1, 0.15) is 11.1 Å². The molecule has 214 valence electrons. The zero-order valence-corrected chi connectivity index (χ0v) is 24.8. The lowest BCUT2D eigenvalue weighted by Crippen LogP contribution is -2.38. The maximum atomic E-state index is 13.6. The molecule has 0 spiro atoms. The van der Waals surface area contributed by atoms with E-state index in [-0.39, 0.29) is 21.2 Å². The first kappa shape index (κ1) is 29.9. The van der Waals surface area contributed by atoms with Crippen molar-refractivity contribution in [1.29, 1.82) is 0 Å². The number of ether oxygens (including phenoxy) is 1. The van der Waals surface area contributed by atoms with Crippen LogP contribution in [0.15, 0.2) is 101 Å². The summed E-state index contributed by atoms with van der Waals surface area (Å²) >= 11 is 6.26. The fraction of sp³-hybridized carbons (Fsp3) is 0.138. The number of carbonyl (C=O) groups excluding carboxylic acids is 1. The summed E-state index contributed by atoms with van der Waals surface area (Å²) in [6.45, 7) is 2.95. The number of aryl methyl sites for hydroxylation is 1. The van der Waals surface area contributed by atoms with Gasteiger partial charge in [0.25, 0.3) is 20.0 Å². The molecule has 4 rings (SSSR count). The SMILES string of the molecule is COc1ccc(C)cc1NS(=O)(=O)c1ccc(NC(=O)CN(c2cccc(Cl)c2C)S(=O)(=O)c2ccccc2)cc1. The first-order valence-corrected chi connectivity index (χ1v) is 15.6. The van der Waals surface area contributed by atoms with E-state index in [4.69, 9.17) is 16.3 Å². The second kappa shape index (κ2) is 12.2. The molecule has 0 heterocycles. The highest BCUT2D eigenvalue weighted by atomic mass is 35.5. The second-order valence-electron chi connectivity index (χ2n) is 9.09. The highest BCUT2D eigenvalue weighted by Crippen LogP contribution is 2.31. The van der Waals surface area contributed by atoms with Gasteiger partial charge in [-0.15, -0.1) is 0 Å². The molecular weight excluding hydrogens is 586 g/mol. The quantitative estimate of drug-likeness (QED) is 0.240.